The van der Waals surface area contributed by atoms with Crippen LogP contribution in [0.2, 0.25) is 0 Å². The third kappa shape index (κ3) is 2.94. The van der Waals surface area contributed by atoms with Crippen molar-refractivity contribution in [2.24, 2.45) is 12.8 Å². The van der Waals surface area contributed by atoms with Gasteiger partial charge in [-0.05, 0) is 24.3 Å². The van der Waals surface area contributed by atoms with Crippen LogP contribution < -0.4 is 15.8 Å². The second-order valence-corrected chi connectivity index (χ2v) is 3.53. The summed E-state index contributed by atoms with van der Waals surface area (Å²) in [5, 5.41) is 10.8. The van der Waals surface area contributed by atoms with Crippen LogP contribution in [0.4, 0.5) is 11.5 Å². The van der Waals surface area contributed by atoms with Crippen LogP contribution in [0.15, 0.2) is 30.5 Å². The average molecular weight is 233 g/mol. The zero-order valence-electron chi connectivity index (χ0n) is 9.63. The minimum Gasteiger partial charge on any atom is -0.492 e. The van der Waals surface area contributed by atoms with Crippen LogP contribution in [0.5, 0.6) is 5.75 Å². The van der Waals surface area contributed by atoms with Gasteiger partial charge in [0, 0.05) is 19.3 Å². The second kappa shape index (κ2) is 5.31. The Labute approximate surface area is 99.4 Å². The summed E-state index contributed by atoms with van der Waals surface area (Å²) in [4.78, 5) is 0. The fraction of sp³-hybridized carbons (Fsp3) is 0.273. The number of rotatable bonds is 5. The summed E-state index contributed by atoms with van der Waals surface area (Å²) in [5.74, 6) is 1.64. The van der Waals surface area contributed by atoms with Crippen LogP contribution in [0.25, 0.3) is 0 Å². The van der Waals surface area contributed by atoms with Crippen molar-refractivity contribution < 1.29 is 4.74 Å². The lowest BCUT2D eigenvalue weighted by atomic mass is 10.3. The van der Waals surface area contributed by atoms with Gasteiger partial charge in [0.15, 0.2) is 0 Å². The fourth-order valence-corrected chi connectivity index (χ4v) is 1.36. The van der Waals surface area contributed by atoms with Crippen molar-refractivity contribution in [1.29, 1.82) is 0 Å². The molecule has 2 rings (SSSR count). The summed E-state index contributed by atoms with van der Waals surface area (Å²) >= 11 is 0. The van der Waals surface area contributed by atoms with Gasteiger partial charge in [-0.3, -0.25) is 0 Å². The molecule has 0 spiro atoms. The van der Waals surface area contributed by atoms with Crippen molar-refractivity contribution in [2.45, 2.75) is 0 Å². The van der Waals surface area contributed by atoms with E-state index < -0.39 is 0 Å². The zero-order valence-corrected chi connectivity index (χ0v) is 9.63. The molecular weight excluding hydrogens is 218 g/mol. The maximum Gasteiger partial charge on any atom is 0.148 e. The molecule has 90 valence electrons. The molecule has 0 aliphatic rings. The van der Waals surface area contributed by atoms with Gasteiger partial charge >= 0.3 is 0 Å². The highest BCUT2D eigenvalue weighted by Gasteiger charge is 2.00. The number of anilines is 2. The molecule has 0 amide bonds. The van der Waals surface area contributed by atoms with Crippen LogP contribution >= 0.6 is 0 Å². The topological polar surface area (TPSA) is 78.0 Å². The largest absolute Gasteiger partial charge is 0.492 e. The molecule has 0 saturated heterocycles. The standard InChI is InChI=1S/C11H15N5O/c1-16-11(8-13-15-16)14-9-2-4-10(5-3-9)17-7-6-12/h2-5,8,14H,6-7,12H2,1H3. The molecule has 0 unspecified atom stereocenters. The van der Waals surface area contributed by atoms with Crippen LogP contribution in [0.1, 0.15) is 0 Å². The zero-order chi connectivity index (χ0) is 12.1. The monoisotopic (exact) mass is 233 g/mol. The van der Waals surface area contributed by atoms with Crippen molar-refractivity contribution in [3.63, 3.8) is 0 Å². The highest BCUT2D eigenvalue weighted by molar-refractivity contribution is 5.56. The van der Waals surface area contributed by atoms with Gasteiger partial charge in [-0.1, -0.05) is 5.21 Å². The normalized spacial score (nSPS) is 10.2. The number of aromatic nitrogens is 3. The number of hydrogen-bond acceptors (Lipinski definition) is 5. The first kappa shape index (κ1) is 11.4. The first-order chi connectivity index (χ1) is 8.29. The van der Waals surface area contributed by atoms with E-state index in [1.54, 1.807) is 10.9 Å². The molecule has 6 heteroatoms. The van der Waals surface area contributed by atoms with E-state index >= 15 is 0 Å². The predicted molar refractivity (Wildman–Crippen MR) is 65.3 cm³/mol. The highest BCUT2D eigenvalue weighted by Crippen LogP contribution is 2.18. The Bertz CT molecular complexity index is 465. The lowest BCUT2D eigenvalue weighted by molar-refractivity contribution is 0.328. The Morgan fingerprint density at radius 2 is 2.12 bits per heavy atom. The lowest BCUT2D eigenvalue weighted by Gasteiger charge is -2.07. The summed E-state index contributed by atoms with van der Waals surface area (Å²) in [6.07, 6.45) is 1.67. The molecule has 1 aromatic heterocycles. The van der Waals surface area contributed by atoms with E-state index in [1.165, 1.54) is 0 Å². The molecule has 0 aliphatic heterocycles. The van der Waals surface area contributed by atoms with Crippen molar-refractivity contribution in [3.05, 3.63) is 30.5 Å². The van der Waals surface area contributed by atoms with Crippen LogP contribution in [0.3, 0.4) is 0 Å². The lowest BCUT2D eigenvalue weighted by Crippen LogP contribution is -2.10. The molecule has 0 fully saturated rings. The summed E-state index contributed by atoms with van der Waals surface area (Å²) in [6, 6.07) is 7.64. The number of nitrogens with two attached hydrogens (primary N) is 1. The number of aryl methyl sites for hydroxylation is 1. The number of ether oxygens (including phenoxy) is 1. The molecule has 3 N–H and O–H groups in total. The van der Waals surface area contributed by atoms with Crippen LogP contribution in [-0.2, 0) is 7.05 Å². The molecule has 0 saturated carbocycles. The molecule has 1 aromatic carbocycles. The van der Waals surface area contributed by atoms with Crippen LogP contribution in [-0.4, -0.2) is 28.1 Å². The van der Waals surface area contributed by atoms with Gasteiger partial charge in [-0.15, -0.1) is 5.10 Å². The van der Waals surface area contributed by atoms with Gasteiger partial charge in [0.05, 0.1) is 6.20 Å². The van der Waals surface area contributed by atoms with Gasteiger partial charge in [0.1, 0.15) is 18.2 Å². The van der Waals surface area contributed by atoms with Gasteiger partial charge in [-0.25, -0.2) is 4.68 Å². The summed E-state index contributed by atoms with van der Waals surface area (Å²) < 4.78 is 7.05. The minimum absolute atomic E-state index is 0.515. The molecule has 17 heavy (non-hydrogen) atoms. The Balaban J connectivity index is 2.01. The Morgan fingerprint density at radius 3 is 2.71 bits per heavy atom. The molecular formula is C11H15N5O. The van der Waals surface area contributed by atoms with Crippen molar-refractivity contribution in [3.8, 4) is 5.75 Å². The van der Waals surface area contributed by atoms with E-state index in [1.807, 2.05) is 31.3 Å². The summed E-state index contributed by atoms with van der Waals surface area (Å²) in [6.45, 7) is 1.04. The molecule has 6 nitrogen and oxygen atoms in total. The summed E-state index contributed by atoms with van der Waals surface area (Å²) in [7, 11) is 1.83. The molecule has 2 aromatic rings. The summed E-state index contributed by atoms with van der Waals surface area (Å²) in [5.41, 5.74) is 6.31. The minimum atomic E-state index is 0.515. The molecule has 1 heterocycles. The Morgan fingerprint density at radius 1 is 1.35 bits per heavy atom. The SMILES string of the molecule is Cn1nncc1Nc1ccc(OCCN)cc1. The molecule has 0 radical (unpaired) electrons. The highest BCUT2D eigenvalue weighted by atomic mass is 16.5. The third-order valence-corrected chi connectivity index (χ3v) is 2.23. The predicted octanol–water partition coefficient (Wildman–Crippen LogP) is 0.896. The van der Waals surface area contributed by atoms with Gasteiger partial charge in [-0.2, -0.15) is 0 Å². The fourth-order valence-electron chi connectivity index (χ4n) is 1.36. The van der Waals surface area contributed by atoms with E-state index in [-0.39, 0.29) is 0 Å². The van der Waals surface area contributed by atoms with Gasteiger partial charge in [0.2, 0.25) is 0 Å². The second-order valence-electron chi connectivity index (χ2n) is 3.53. The van der Waals surface area contributed by atoms with E-state index in [0.717, 1.165) is 17.3 Å². The van der Waals surface area contributed by atoms with Crippen LogP contribution in [0, 0.1) is 0 Å². The average Bonchev–Trinajstić information content (AvgIpc) is 2.74. The Hall–Kier alpha value is -2.08. The molecule has 0 aliphatic carbocycles. The first-order valence-electron chi connectivity index (χ1n) is 5.34. The van der Waals surface area contributed by atoms with Gasteiger partial charge < -0.3 is 15.8 Å². The van der Waals surface area contributed by atoms with E-state index in [0.29, 0.717) is 13.2 Å². The quantitative estimate of drug-likeness (QED) is 0.802. The van der Waals surface area contributed by atoms with Gasteiger partial charge in [0.25, 0.3) is 0 Å². The van der Waals surface area contributed by atoms with Crippen molar-refractivity contribution in [1.82, 2.24) is 15.0 Å². The number of nitrogens with one attached hydrogen (secondary N) is 1. The van der Waals surface area contributed by atoms with E-state index in [4.69, 9.17) is 10.5 Å². The van der Waals surface area contributed by atoms with E-state index in [9.17, 15) is 0 Å². The maximum absolute atomic E-state index is 5.39. The number of hydrogen-bond donors (Lipinski definition) is 2. The third-order valence-electron chi connectivity index (χ3n) is 2.23. The molecule has 0 atom stereocenters. The smallest absolute Gasteiger partial charge is 0.148 e. The number of nitrogens with zero attached hydrogens (tertiary/aromatic N) is 3. The first-order valence-corrected chi connectivity index (χ1v) is 5.34. The maximum atomic E-state index is 5.39. The van der Waals surface area contributed by atoms with E-state index in [2.05, 4.69) is 15.6 Å². The molecule has 0 bridgehead atoms. The van der Waals surface area contributed by atoms with Crippen molar-refractivity contribution in [2.75, 3.05) is 18.5 Å². The van der Waals surface area contributed by atoms with Crippen molar-refractivity contribution >= 4 is 11.5 Å². The Kier molecular flexibility index (Phi) is 3.56. The number of benzene rings is 1.